The molecule has 0 aliphatic carbocycles. The standard InChI is InChI=1S/C17H27NO/c1-13(2)15-8-6-14(7-9-15)12-16(19)10-11-18-17(3,4)5/h6-9,13,18H,10-12H2,1-5H3. The maximum absolute atomic E-state index is 11.9. The SMILES string of the molecule is CC(C)c1ccc(CC(=O)CCNC(C)(C)C)cc1. The fraction of sp³-hybridized carbons (Fsp3) is 0.588. The number of rotatable bonds is 6. The first-order chi connectivity index (χ1) is 8.78. The summed E-state index contributed by atoms with van der Waals surface area (Å²) < 4.78 is 0. The minimum atomic E-state index is 0.0825. The summed E-state index contributed by atoms with van der Waals surface area (Å²) in [5, 5.41) is 3.34. The molecule has 0 aliphatic heterocycles. The van der Waals surface area contributed by atoms with E-state index in [4.69, 9.17) is 0 Å². The van der Waals surface area contributed by atoms with E-state index in [-0.39, 0.29) is 5.54 Å². The molecule has 2 nitrogen and oxygen atoms in total. The Bertz CT molecular complexity index is 398. The predicted molar refractivity (Wildman–Crippen MR) is 81.6 cm³/mol. The summed E-state index contributed by atoms with van der Waals surface area (Å²) in [6, 6.07) is 8.40. The number of nitrogens with one attached hydrogen (secondary N) is 1. The van der Waals surface area contributed by atoms with E-state index >= 15 is 0 Å². The Labute approximate surface area is 117 Å². The van der Waals surface area contributed by atoms with Gasteiger partial charge in [-0.3, -0.25) is 4.79 Å². The van der Waals surface area contributed by atoms with Crippen LogP contribution in [-0.4, -0.2) is 17.9 Å². The second kappa shape index (κ2) is 6.85. The smallest absolute Gasteiger partial charge is 0.138 e. The van der Waals surface area contributed by atoms with E-state index in [1.807, 2.05) is 0 Å². The molecule has 1 aromatic rings. The maximum Gasteiger partial charge on any atom is 0.138 e. The normalized spacial score (nSPS) is 11.9. The molecule has 0 fully saturated rings. The lowest BCUT2D eigenvalue weighted by Crippen LogP contribution is -2.37. The third-order valence-electron chi connectivity index (χ3n) is 3.11. The molecule has 0 radical (unpaired) electrons. The van der Waals surface area contributed by atoms with Gasteiger partial charge in [0, 0.05) is 24.9 Å². The Morgan fingerprint density at radius 1 is 1.16 bits per heavy atom. The molecule has 0 heterocycles. The van der Waals surface area contributed by atoms with E-state index in [2.05, 4.69) is 64.2 Å². The van der Waals surface area contributed by atoms with Crippen LogP contribution in [0.2, 0.25) is 0 Å². The van der Waals surface area contributed by atoms with E-state index < -0.39 is 0 Å². The molecule has 0 atom stereocenters. The molecule has 0 unspecified atom stereocenters. The van der Waals surface area contributed by atoms with Gasteiger partial charge in [-0.2, -0.15) is 0 Å². The number of carbonyl (C=O) groups is 1. The Balaban J connectivity index is 2.40. The van der Waals surface area contributed by atoms with Crippen molar-refractivity contribution in [3.8, 4) is 0 Å². The van der Waals surface area contributed by atoms with Gasteiger partial charge in [0.2, 0.25) is 0 Å². The zero-order valence-electron chi connectivity index (χ0n) is 12.9. The monoisotopic (exact) mass is 261 g/mol. The maximum atomic E-state index is 11.9. The Hall–Kier alpha value is -1.15. The number of benzene rings is 1. The second-order valence-electron chi connectivity index (χ2n) is 6.54. The second-order valence-corrected chi connectivity index (χ2v) is 6.54. The van der Waals surface area contributed by atoms with E-state index in [9.17, 15) is 4.79 Å². The van der Waals surface area contributed by atoms with Crippen LogP contribution in [0, 0.1) is 0 Å². The molecule has 0 saturated heterocycles. The van der Waals surface area contributed by atoms with Crippen molar-refractivity contribution in [2.75, 3.05) is 6.54 Å². The van der Waals surface area contributed by atoms with Crippen LogP contribution in [0.3, 0.4) is 0 Å². The molecule has 1 rings (SSSR count). The fourth-order valence-electron chi connectivity index (χ4n) is 1.91. The quantitative estimate of drug-likeness (QED) is 0.846. The third-order valence-corrected chi connectivity index (χ3v) is 3.11. The molecule has 0 bridgehead atoms. The van der Waals surface area contributed by atoms with Gasteiger partial charge in [-0.05, 0) is 37.8 Å². The molecule has 1 aromatic carbocycles. The number of carbonyl (C=O) groups excluding carboxylic acids is 1. The number of hydrogen-bond acceptors (Lipinski definition) is 2. The van der Waals surface area contributed by atoms with Crippen molar-refractivity contribution >= 4 is 5.78 Å². The summed E-state index contributed by atoms with van der Waals surface area (Å²) in [5.41, 5.74) is 2.52. The van der Waals surface area contributed by atoms with Crippen LogP contribution in [-0.2, 0) is 11.2 Å². The lowest BCUT2D eigenvalue weighted by molar-refractivity contribution is -0.118. The summed E-state index contributed by atoms with van der Waals surface area (Å²) >= 11 is 0. The van der Waals surface area contributed by atoms with Crippen molar-refractivity contribution in [3.05, 3.63) is 35.4 Å². The van der Waals surface area contributed by atoms with Gasteiger partial charge in [0.1, 0.15) is 5.78 Å². The molecule has 1 N–H and O–H groups in total. The van der Waals surface area contributed by atoms with Crippen molar-refractivity contribution in [2.45, 2.75) is 58.9 Å². The zero-order chi connectivity index (χ0) is 14.5. The lowest BCUT2D eigenvalue weighted by atomic mass is 9.99. The highest BCUT2D eigenvalue weighted by molar-refractivity contribution is 5.81. The van der Waals surface area contributed by atoms with Crippen molar-refractivity contribution in [1.82, 2.24) is 5.32 Å². The summed E-state index contributed by atoms with van der Waals surface area (Å²) in [6.45, 7) is 11.5. The molecule has 0 spiro atoms. The van der Waals surface area contributed by atoms with Crippen LogP contribution in [0.25, 0.3) is 0 Å². The van der Waals surface area contributed by atoms with Crippen molar-refractivity contribution < 1.29 is 4.79 Å². The van der Waals surface area contributed by atoms with Gasteiger partial charge in [0.15, 0.2) is 0 Å². The van der Waals surface area contributed by atoms with Crippen LogP contribution in [0.5, 0.6) is 0 Å². The molecule has 106 valence electrons. The van der Waals surface area contributed by atoms with Gasteiger partial charge < -0.3 is 5.32 Å². The van der Waals surface area contributed by atoms with Crippen LogP contribution >= 0.6 is 0 Å². The van der Waals surface area contributed by atoms with E-state index in [0.717, 1.165) is 12.1 Å². The Kier molecular flexibility index (Phi) is 5.74. The van der Waals surface area contributed by atoms with Crippen molar-refractivity contribution in [1.29, 1.82) is 0 Å². The summed E-state index contributed by atoms with van der Waals surface area (Å²) in [4.78, 5) is 11.9. The Morgan fingerprint density at radius 2 is 1.74 bits per heavy atom. The topological polar surface area (TPSA) is 29.1 Å². The first-order valence-corrected chi connectivity index (χ1v) is 7.13. The van der Waals surface area contributed by atoms with E-state index in [1.165, 1.54) is 5.56 Å². The van der Waals surface area contributed by atoms with E-state index in [1.54, 1.807) is 0 Å². The highest BCUT2D eigenvalue weighted by atomic mass is 16.1. The minimum Gasteiger partial charge on any atom is -0.312 e. The number of Topliss-reactive ketones (excluding diaryl/α,β-unsaturated/α-hetero) is 1. The van der Waals surface area contributed by atoms with Crippen LogP contribution < -0.4 is 5.32 Å². The molecule has 0 aliphatic rings. The molecule has 0 amide bonds. The van der Waals surface area contributed by atoms with Gasteiger partial charge in [-0.15, -0.1) is 0 Å². The molecule has 0 aromatic heterocycles. The van der Waals surface area contributed by atoms with E-state index in [0.29, 0.717) is 24.5 Å². The van der Waals surface area contributed by atoms with Gasteiger partial charge in [0.25, 0.3) is 0 Å². The molecular weight excluding hydrogens is 234 g/mol. The molecule has 19 heavy (non-hydrogen) atoms. The third kappa shape index (κ3) is 6.53. The predicted octanol–water partition coefficient (Wildman–Crippen LogP) is 3.70. The summed E-state index contributed by atoms with van der Waals surface area (Å²) in [5.74, 6) is 0.842. The van der Waals surface area contributed by atoms with Gasteiger partial charge >= 0.3 is 0 Å². The largest absolute Gasteiger partial charge is 0.312 e. The summed E-state index contributed by atoms with van der Waals surface area (Å²) in [7, 11) is 0. The zero-order valence-corrected chi connectivity index (χ0v) is 12.9. The number of hydrogen-bond donors (Lipinski definition) is 1. The minimum absolute atomic E-state index is 0.0825. The van der Waals surface area contributed by atoms with Crippen LogP contribution in [0.4, 0.5) is 0 Å². The summed E-state index contributed by atoms with van der Waals surface area (Å²) in [6.07, 6.45) is 1.15. The number of ketones is 1. The van der Waals surface area contributed by atoms with Crippen LogP contribution in [0.1, 0.15) is 58.1 Å². The van der Waals surface area contributed by atoms with Crippen LogP contribution in [0.15, 0.2) is 24.3 Å². The average molecular weight is 261 g/mol. The van der Waals surface area contributed by atoms with Crippen molar-refractivity contribution in [2.24, 2.45) is 0 Å². The van der Waals surface area contributed by atoms with Crippen molar-refractivity contribution in [3.63, 3.8) is 0 Å². The molecule has 2 heteroatoms. The Morgan fingerprint density at radius 3 is 2.21 bits per heavy atom. The van der Waals surface area contributed by atoms with Gasteiger partial charge in [-0.1, -0.05) is 38.1 Å². The average Bonchev–Trinajstić information content (AvgIpc) is 2.27. The first-order valence-electron chi connectivity index (χ1n) is 7.13. The highest BCUT2D eigenvalue weighted by Gasteiger charge is 2.10. The first kappa shape index (κ1) is 15.9. The fourth-order valence-corrected chi connectivity index (χ4v) is 1.91. The lowest BCUT2D eigenvalue weighted by Gasteiger charge is -2.20. The molecular formula is C17H27NO. The van der Waals surface area contributed by atoms with Gasteiger partial charge in [-0.25, -0.2) is 0 Å². The van der Waals surface area contributed by atoms with Gasteiger partial charge in [0.05, 0.1) is 0 Å². The highest BCUT2D eigenvalue weighted by Crippen LogP contribution is 2.15. The molecule has 0 saturated carbocycles.